The van der Waals surface area contributed by atoms with Gasteiger partial charge in [0.25, 0.3) is 0 Å². The van der Waals surface area contributed by atoms with Crippen LogP contribution in [0.15, 0.2) is 71.9 Å². The standard InChI is InChI=1S/C25H22Cl2N4O3S/c1-33-18-10-8-17(9-11-18)31-24(14-28-21-6-4-3-5-20(21)27)29-30-25(31)35-15-22(32)19-13-16(26)7-12-23(19)34-2/h3-13,28H,14-15H2,1-2H3. The Bertz CT molecular complexity index is 1330. The molecular weight excluding hydrogens is 507 g/mol. The predicted octanol–water partition coefficient (Wildman–Crippen LogP) is 6.18. The zero-order chi connectivity index (χ0) is 24.8. The number of Topliss-reactive ketones (excluding diaryl/α,β-unsaturated/α-hetero) is 1. The van der Waals surface area contributed by atoms with Crippen LogP contribution < -0.4 is 14.8 Å². The molecule has 0 spiro atoms. The van der Waals surface area contributed by atoms with Crippen LogP contribution in [0.3, 0.4) is 0 Å². The summed E-state index contributed by atoms with van der Waals surface area (Å²) in [6.07, 6.45) is 0. The van der Waals surface area contributed by atoms with Gasteiger partial charge < -0.3 is 14.8 Å². The van der Waals surface area contributed by atoms with Crippen molar-refractivity contribution in [3.63, 3.8) is 0 Å². The van der Waals surface area contributed by atoms with E-state index in [0.29, 0.717) is 38.9 Å². The van der Waals surface area contributed by atoms with Gasteiger partial charge in [-0.05, 0) is 54.6 Å². The monoisotopic (exact) mass is 528 g/mol. The van der Waals surface area contributed by atoms with Crippen molar-refractivity contribution in [3.8, 4) is 17.2 Å². The molecule has 10 heteroatoms. The first-order chi connectivity index (χ1) is 17.0. The van der Waals surface area contributed by atoms with E-state index < -0.39 is 0 Å². The molecule has 35 heavy (non-hydrogen) atoms. The van der Waals surface area contributed by atoms with Crippen molar-refractivity contribution in [1.82, 2.24) is 14.8 Å². The van der Waals surface area contributed by atoms with Gasteiger partial charge in [-0.3, -0.25) is 9.36 Å². The highest BCUT2D eigenvalue weighted by atomic mass is 35.5. The van der Waals surface area contributed by atoms with Gasteiger partial charge in [-0.2, -0.15) is 0 Å². The third-order valence-electron chi connectivity index (χ3n) is 5.14. The average molecular weight is 529 g/mol. The number of hydrogen-bond acceptors (Lipinski definition) is 7. The molecule has 1 N–H and O–H groups in total. The molecule has 0 aliphatic carbocycles. The second-order valence-corrected chi connectivity index (χ2v) is 9.11. The van der Waals surface area contributed by atoms with Crippen LogP contribution in [0.1, 0.15) is 16.2 Å². The minimum absolute atomic E-state index is 0.128. The molecule has 3 aromatic carbocycles. The molecule has 1 aromatic heterocycles. The number of aromatic nitrogens is 3. The number of nitrogens with zero attached hydrogens (tertiary/aromatic N) is 3. The van der Waals surface area contributed by atoms with Gasteiger partial charge in [0, 0.05) is 10.7 Å². The number of ether oxygens (including phenoxy) is 2. The SMILES string of the molecule is COc1ccc(-n2c(CNc3ccccc3Cl)nnc2SCC(=O)c2cc(Cl)ccc2OC)cc1. The number of halogens is 2. The van der Waals surface area contributed by atoms with Crippen LogP contribution in [0.5, 0.6) is 11.5 Å². The maximum atomic E-state index is 13.0. The van der Waals surface area contributed by atoms with Crippen LogP contribution in [0.25, 0.3) is 5.69 Å². The lowest BCUT2D eigenvalue weighted by Gasteiger charge is -2.13. The summed E-state index contributed by atoms with van der Waals surface area (Å²) < 4.78 is 12.5. The number of thioether (sulfide) groups is 1. The fourth-order valence-electron chi connectivity index (χ4n) is 3.38. The molecule has 0 atom stereocenters. The average Bonchev–Trinajstić information content (AvgIpc) is 3.29. The molecule has 7 nitrogen and oxygen atoms in total. The topological polar surface area (TPSA) is 78.3 Å². The quantitative estimate of drug-likeness (QED) is 0.194. The summed E-state index contributed by atoms with van der Waals surface area (Å²) in [5.74, 6) is 1.86. The Morgan fingerprint density at radius 3 is 2.49 bits per heavy atom. The van der Waals surface area contributed by atoms with Crippen molar-refractivity contribution in [1.29, 1.82) is 0 Å². The number of nitrogens with one attached hydrogen (secondary N) is 1. The van der Waals surface area contributed by atoms with Crippen LogP contribution in [0, 0.1) is 0 Å². The fourth-order valence-corrected chi connectivity index (χ4v) is 4.61. The highest BCUT2D eigenvalue weighted by molar-refractivity contribution is 7.99. The van der Waals surface area contributed by atoms with E-state index >= 15 is 0 Å². The van der Waals surface area contributed by atoms with Gasteiger partial charge >= 0.3 is 0 Å². The molecule has 0 saturated carbocycles. The van der Waals surface area contributed by atoms with E-state index in [0.717, 1.165) is 17.1 Å². The largest absolute Gasteiger partial charge is 0.497 e. The zero-order valence-electron chi connectivity index (χ0n) is 19.0. The summed E-state index contributed by atoms with van der Waals surface area (Å²) in [7, 11) is 3.13. The van der Waals surface area contributed by atoms with Crippen LogP contribution in [-0.4, -0.2) is 40.5 Å². The highest BCUT2D eigenvalue weighted by Crippen LogP contribution is 2.28. The van der Waals surface area contributed by atoms with Crippen molar-refractivity contribution in [2.45, 2.75) is 11.7 Å². The number of carbonyl (C=O) groups excluding carboxylic acids is 1. The van der Waals surface area contributed by atoms with E-state index in [9.17, 15) is 4.79 Å². The van der Waals surface area contributed by atoms with Gasteiger partial charge in [-0.1, -0.05) is 47.1 Å². The third kappa shape index (κ3) is 5.90. The Labute approximate surface area is 217 Å². The Balaban J connectivity index is 1.60. The molecule has 1 heterocycles. The van der Waals surface area contributed by atoms with Gasteiger partial charge in [0.05, 0.1) is 42.8 Å². The van der Waals surface area contributed by atoms with Gasteiger partial charge in [0.2, 0.25) is 0 Å². The molecule has 0 fully saturated rings. The Morgan fingerprint density at radius 2 is 1.77 bits per heavy atom. The molecule has 4 aromatic rings. The first-order valence-corrected chi connectivity index (χ1v) is 12.3. The molecule has 0 unspecified atom stereocenters. The maximum absolute atomic E-state index is 13.0. The molecule has 0 bridgehead atoms. The van der Waals surface area contributed by atoms with Crippen molar-refractivity contribution >= 4 is 46.4 Å². The summed E-state index contributed by atoms with van der Waals surface area (Å²) >= 11 is 13.7. The van der Waals surface area contributed by atoms with E-state index in [4.69, 9.17) is 32.7 Å². The minimum Gasteiger partial charge on any atom is -0.497 e. The highest BCUT2D eigenvalue weighted by Gasteiger charge is 2.19. The number of rotatable bonds is 10. The van der Waals surface area contributed by atoms with Crippen LogP contribution in [0.2, 0.25) is 10.0 Å². The second kappa shape index (κ2) is 11.5. The number of methoxy groups -OCH3 is 2. The van der Waals surface area contributed by atoms with Gasteiger partial charge in [0.1, 0.15) is 11.5 Å². The van der Waals surface area contributed by atoms with Crippen LogP contribution >= 0.6 is 35.0 Å². The fraction of sp³-hybridized carbons (Fsp3) is 0.160. The summed E-state index contributed by atoms with van der Waals surface area (Å²) in [5.41, 5.74) is 2.04. The lowest BCUT2D eigenvalue weighted by Crippen LogP contribution is -2.10. The second-order valence-electron chi connectivity index (χ2n) is 7.32. The Hall–Kier alpha value is -3.20. The number of para-hydroxylation sites is 1. The van der Waals surface area contributed by atoms with E-state index in [-0.39, 0.29) is 11.5 Å². The minimum atomic E-state index is -0.130. The van der Waals surface area contributed by atoms with Crippen LogP contribution in [0.4, 0.5) is 5.69 Å². The molecule has 0 radical (unpaired) electrons. The first-order valence-electron chi connectivity index (χ1n) is 10.6. The number of ketones is 1. The smallest absolute Gasteiger partial charge is 0.196 e. The number of carbonyl (C=O) groups is 1. The first kappa shape index (κ1) is 24.9. The van der Waals surface area contributed by atoms with Gasteiger partial charge in [0.15, 0.2) is 16.8 Å². The van der Waals surface area contributed by atoms with Crippen molar-refractivity contribution in [2.75, 3.05) is 25.3 Å². The predicted molar refractivity (Wildman–Crippen MR) is 140 cm³/mol. The summed E-state index contributed by atoms with van der Waals surface area (Å²) in [6.45, 7) is 0.374. The Morgan fingerprint density at radius 1 is 1.00 bits per heavy atom. The van der Waals surface area contributed by atoms with E-state index in [2.05, 4.69) is 15.5 Å². The van der Waals surface area contributed by atoms with Crippen LogP contribution in [-0.2, 0) is 6.54 Å². The van der Waals surface area contributed by atoms with E-state index in [1.807, 2.05) is 53.1 Å². The van der Waals surface area contributed by atoms with Gasteiger partial charge in [-0.25, -0.2) is 0 Å². The summed E-state index contributed by atoms with van der Waals surface area (Å²) in [6, 6.07) is 20.0. The van der Waals surface area contributed by atoms with Crippen molar-refractivity contribution < 1.29 is 14.3 Å². The number of anilines is 1. The van der Waals surface area contributed by atoms with Gasteiger partial charge in [-0.15, -0.1) is 10.2 Å². The molecule has 180 valence electrons. The molecule has 4 rings (SSSR count). The zero-order valence-corrected chi connectivity index (χ0v) is 21.3. The normalized spacial score (nSPS) is 10.7. The van der Waals surface area contributed by atoms with E-state index in [1.54, 1.807) is 25.3 Å². The lowest BCUT2D eigenvalue weighted by molar-refractivity contribution is 0.101. The molecular formula is C25H22Cl2N4O3S. The third-order valence-corrected chi connectivity index (χ3v) is 6.63. The van der Waals surface area contributed by atoms with Crippen molar-refractivity contribution in [3.05, 3.63) is 88.2 Å². The molecule has 0 aliphatic heterocycles. The molecule has 0 saturated heterocycles. The molecule has 0 amide bonds. The Kier molecular flexibility index (Phi) is 8.17. The summed E-state index contributed by atoms with van der Waals surface area (Å²) in [4.78, 5) is 13.0. The van der Waals surface area contributed by atoms with Crippen molar-refractivity contribution in [2.24, 2.45) is 0 Å². The number of hydrogen-bond donors (Lipinski definition) is 1. The molecule has 0 aliphatic rings. The summed E-state index contributed by atoms with van der Waals surface area (Å²) in [5, 5.41) is 13.7. The maximum Gasteiger partial charge on any atom is 0.196 e. The lowest BCUT2D eigenvalue weighted by atomic mass is 10.1. The number of benzene rings is 3. The van der Waals surface area contributed by atoms with E-state index in [1.165, 1.54) is 18.9 Å².